The lowest BCUT2D eigenvalue weighted by atomic mass is 10.1. The van der Waals surface area contributed by atoms with E-state index in [-0.39, 0.29) is 0 Å². The zero-order valence-corrected chi connectivity index (χ0v) is 12.7. The van der Waals surface area contributed by atoms with Crippen LogP contribution in [0.2, 0.25) is 0 Å². The van der Waals surface area contributed by atoms with Crippen LogP contribution < -0.4 is 10.6 Å². The highest BCUT2D eigenvalue weighted by Gasteiger charge is 2.16. The minimum Gasteiger partial charge on any atom is -0.367 e. The van der Waals surface area contributed by atoms with Crippen LogP contribution in [0.3, 0.4) is 0 Å². The summed E-state index contributed by atoms with van der Waals surface area (Å²) in [5, 5.41) is 7.00. The van der Waals surface area contributed by atoms with Gasteiger partial charge in [-0.3, -0.25) is 0 Å². The summed E-state index contributed by atoms with van der Waals surface area (Å²) in [5.41, 5.74) is 3.25. The van der Waals surface area contributed by atoms with Gasteiger partial charge < -0.3 is 10.6 Å². The van der Waals surface area contributed by atoms with Crippen molar-refractivity contribution in [2.75, 3.05) is 18.4 Å². The molecule has 4 nitrogen and oxygen atoms in total. The Balaban J connectivity index is 1.90. The van der Waals surface area contributed by atoms with Crippen molar-refractivity contribution < 1.29 is 0 Å². The summed E-state index contributed by atoms with van der Waals surface area (Å²) in [6, 6.07) is 10.7. The Kier molecular flexibility index (Phi) is 4.15. The fourth-order valence-electron chi connectivity index (χ4n) is 2.65. The number of anilines is 1. The molecule has 0 atom stereocenters. The second-order valence-electron chi connectivity index (χ2n) is 5.64. The number of aryl methyl sites for hydroxylation is 1. The van der Waals surface area contributed by atoms with Crippen molar-refractivity contribution in [2.45, 2.75) is 32.7 Å². The largest absolute Gasteiger partial charge is 0.367 e. The maximum atomic E-state index is 4.75. The van der Waals surface area contributed by atoms with Crippen LogP contribution in [0.25, 0.3) is 11.4 Å². The molecule has 0 radical (unpaired) electrons. The van der Waals surface area contributed by atoms with Gasteiger partial charge in [0, 0.05) is 22.9 Å². The lowest BCUT2D eigenvalue weighted by Crippen LogP contribution is -2.35. The van der Waals surface area contributed by atoms with Gasteiger partial charge >= 0.3 is 0 Å². The number of benzene rings is 1. The molecule has 2 N–H and O–H groups in total. The highest BCUT2D eigenvalue weighted by Crippen LogP contribution is 2.23. The molecule has 1 aromatic heterocycles. The summed E-state index contributed by atoms with van der Waals surface area (Å²) in [6.45, 7) is 6.29. The van der Waals surface area contributed by atoms with Gasteiger partial charge in [0.2, 0.25) is 0 Å². The van der Waals surface area contributed by atoms with Gasteiger partial charge in [0.15, 0.2) is 5.82 Å². The van der Waals surface area contributed by atoms with E-state index in [1.165, 1.54) is 0 Å². The first-order chi connectivity index (χ1) is 10.2. The molecule has 4 heteroatoms. The molecule has 2 aromatic rings. The fourth-order valence-corrected chi connectivity index (χ4v) is 2.65. The number of nitrogens with zero attached hydrogens (tertiary/aromatic N) is 2. The van der Waals surface area contributed by atoms with E-state index < -0.39 is 0 Å². The second kappa shape index (κ2) is 6.22. The Morgan fingerprint density at radius 1 is 1.05 bits per heavy atom. The molecular formula is C17H22N4. The van der Waals surface area contributed by atoms with Crippen LogP contribution >= 0.6 is 0 Å². The number of piperidine rings is 1. The molecule has 1 fully saturated rings. The van der Waals surface area contributed by atoms with Crippen molar-refractivity contribution in [1.29, 1.82) is 0 Å². The number of rotatable bonds is 3. The van der Waals surface area contributed by atoms with Crippen molar-refractivity contribution in [3.63, 3.8) is 0 Å². The lowest BCUT2D eigenvalue weighted by molar-refractivity contribution is 0.478. The van der Waals surface area contributed by atoms with Crippen LogP contribution in [-0.4, -0.2) is 29.1 Å². The Labute approximate surface area is 126 Å². The molecule has 1 aromatic carbocycles. The van der Waals surface area contributed by atoms with E-state index in [1.807, 2.05) is 18.2 Å². The van der Waals surface area contributed by atoms with E-state index in [0.29, 0.717) is 6.04 Å². The summed E-state index contributed by atoms with van der Waals surface area (Å²) < 4.78 is 0. The molecule has 1 aliphatic rings. The molecule has 21 heavy (non-hydrogen) atoms. The van der Waals surface area contributed by atoms with E-state index in [4.69, 9.17) is 4.98 Å². The molecule has 1 saturated heterocycles. The highest BCUT2D eigenvalue weighted by molar-refractivity contribution is 5.59. The van der Waals surface area contributed by atoms with Crippen LogP contribution in [0.15, 0.2) is 30.3 Å². The maximum Gasteiger partial charge on any atom is 0.161 e. The third-order valence-corrected chi connectivity index (χ3v) is 4.10. The van der Waals surface area contributed by atoms with Gasteiger partial charge in [-0.15, -0.1) is 0 Å². The molecule has 0 unspecified atom stereocenters. The van der Waals surface area contributed by atoms with Crippen molar-refractivity contribution in [3.8, 4) is 11.4 Å². The van der Waals surface area contributed by atoms with Gasteiger partial charge in [-0.25, -0.2) is 9.97 Å². The predicted molar refractivity (Wildman–Crippen MR) is 86.5 cm³/mol. The predicted octanol–water partition coefficient (Wildman–Crippen LogP) is 2.92. The zero-order chi connectivity index (χ0) is 14.7. The molecule has 0 spiro atoms. The van der Waals surface area contributed by atoms with Gasteiger partial charge in [-0.1, -0.05) is 30.3 Å². The number of nitrogens with one attached hydrogen (secondary N) is 2. The quantitative estimate of drug-likeness (QED) is 0.909. The molecule has 0 aliphatic carbocycles. The minimum atomic E-state index is 0.503. The van der Waals surface area contributed by atoms with E-state index in [9.17, 15) is 0 Å². The number of aromatic nitrogens is 2. The first-order valence-corrected chi connectivity index (χ1v) is 7.62. The van der Waals surface area contributed by atoms with Crippen LogP contribution in [0.5, 0.6) is 0 Å². The third kappa shape index (κ3) is 3.22. The normalized spacial score (nSPS) is 15.9. The molecule has 1 aliphatic heterocycles. The molecule has 3 rings (SSSR count). The summed E-state index contributed by atoms with van der Waals surface area (Å²) >= 11 is 0. The standard InChI is InChI=1S/C17H22N4/c1-12-13(2)19-17(14-6-4-3-5-7-14)21-16(12)20-15-8-10-18-11-9-15/h3-7,15,18H,8-11H2,1-2H3,(H,19,20,21). The van der Waals surface area contributed by atoms with Gasteiger partial charge in [-0.05, 0) is 39.8 Å². The molecule has 0 saturated carbocycles. The van der Waals surface area contributed by atoms with Crippen molar-refractivity contribution in [1.82, 2.24) is 15.3 Å². The topological polar surface area (TPSA) is 49.8 Å². The van der Waals surface area contributed by atoms with Crippen LogP contribution in [-0.2, 0) is 0 Å². The summed E-state index contributed by atoms with van der Waals surface area (Å²) in [4.78, 5) is 9.39. The third-order valence-electron chi connectivity index (χ3n) is 4.10. The number of hydrogen-bond acceptors (Lipinski definition) is 4. The van der Waals surface area contributed by atoms with Crippen LogP contribution in [0, 0.1) is 13.8 Å². The zero-order valence-electron chi connectivity index (χ0n) is 12.7. The van der Waals surface area contributed by atoms with Crippen molar-refractivity contribution in [3.05, 3.63) is 41.6 Å². The molecule has 0 amide bonds. The van der Waals surface area contributed by atoms with Gasteiger partial charge in [0.05, 0.1) is 0 Å². The average Bonchev–Trinajstić information content (AvgIpc) is 2.53. The fraction of sp³-hybridized carbons (Fsp3) is 0.412. The minimum absolute atomic E-state index is 0.503. The maximum absolute atomic E-state index is 4.75. The summed E-state index contributed by atoms with van der Waals surface area (Å²) in [6.07, 6.45) is 2.28. The second-order valence-corrected chi connectivity index (χ2v) is 5.64. The average molecular weight is 282 g/mol. The SMILES string of the molecule is Cc1nc(-c2ccccc2)nc(NC2CCNCC2)c1C. The van der Waals surface area contributed by atoms with Crippen LogP contribution in [0.1, 0.15) is 24.1 Å². The van der Waals surface area contributed by atoms with Crippen molar-refractivity contribution >= 4 is 5.82 Å². The molecule has 110 valence electrons. The molecule has 0 bridgehead atoms. The highest BCUT2D eigenvalue weighted by atomic mass is 15.1. The lowest BCUT2D eigenvalue weighted by Gasteiger charge is -2.25. The molecular weight excluding hydrogens is 260 g/mol. The van der Waals surface area contributed by atoms with Crippen molar-refractivity contribution in [2.24, 2.45) is 0 Å². The Bertz CT molecular complexity index is 604. The first kappa shape index (κ1) is 14.0. The Morgan fingerprint density at radius 3 is 2.48 bits per heavy atom. The van der Waals surface area contributed by atoms with Gasteiger partial charge in [0.1, 0.15) is 5.82 Å². The van der Waals surface area contributed by atoms with Gasteiger partial charge in [-0.2, -0.15) is 0 Å². The van der Waals surface area contributed by atoms with E-state index in [0.717, 1.165) is 54.4 Å². The summed E-state index contributed by atoms with van der Waals surface area (Å²) in [7, 11) is 0. The Morgan fingerprint density at radius 2 is 1.76 bits per heavy atom. The van der Waals surface area contributed by atoms with E-state index >= 15 is 0 Å². The Hall–Kier alpha value is -1.94. The molecule has 2 heterocycles. The van der Waals surface area contributed by atoms with E-state index in [2.05, 4.69) is 41.6 Å². The van der Waals surface area contributed by atoms with E-state index in [1.54, 1.807) is 0 Å². The number of hydrogen-bond donors (Lipinski definition) is 2. The van der Waals surface area contributed by atoms with Crippen LogP contribution in [0.4, 0.5) is 5.82 Å². The first-order valence-electron chi connectivity index (χ1n) is 7.62. The summed E-state index contributed by atoms with van der Waals surface area (Å²) in [5.74, 6) is 1.78. The van der Waals surface area contributed by atoms with Gasteiger partial charge in [0.25, 0.3) is 0 Å². The smallest absolute Gasteiger partial charge is 0.161 e. The monoisotopic (exact) mass is 282 g/mol.